The molecule has 0 saturated heterocycles. The number of hydrogen-bond acceptors (Lipinski definition) is 4. The Bertz CT molecular complexity index is 702. The molecular weight excluding hydrogens is 300 g/mol. The SMILES string of the molecule is C=CCNC(=C)c1ccnc(-c2cc(C(=O)NCC=C)ccn2)c1. The van der Waals surface area contributed by atoms with E-state index in [1.165, 1.54) is 0 Å². The predicted octanol–water partition coefficient (Wildman–Crippen LogP) is 2.81. The Kier molecular flexibility index (Phi) is 6.02. The number of aromatic nitrogens is 2. The van der Waals surface area contributed by atoms with Gasteiger partial charge in [-0.3, -0.25) is 14.8 Å². The van der Waals surface area contributed by atoms with Crippen molar-refractivity contribution in [3.63, 3.8) is 0 Å². The first-order chi connectivity index (χ1) is 11.7. The van der Waals surface area contributed by atoms with Crippen molar-refractivity contribution in [2.45, 2.75) is 0 Å². The number of pyridine rings is 2. The van der Waals surface area contributed by atoms with E-state index in [1.807, 2.05) is 12.1 Å². The van der Waals surface area contributed by atoms with Gasteiger partial charge in [0.2, 0.25) is 0 Å². The summed E-state index contributed by atoms with van der Waals surface area (Å²) in [6, 6.07) is 7.12. The average molecular weight is 320 g/mol. The molecule has 122 valence electrons. The van der Waals surface area contributed by atoms with E-state index in [0.29, 0.717) is 30.0 Å². The van der Waals surface area contributed by atoms with Gasteiger partial charge in [0.05, 0.1) is 11.4 Å². The van der Waals surface area contributed by atoms with Crippen molar-refractivity contribution < 1.29 is 4.79 Å². The van der Waals surface area contributed by atoms with Crippen molar-refractivity contribution in [3.8, 4) is 11.4 Å². The van der Waals surface area contributed by atoms with Gasteiger partial charge in [-0.15, -0.1) is 13.2 Å². The molecule has 24 heavy (non-hydrogen) atoms. The Morgan fingerprint density at radius 1 is 0.958 bits per heavy atom. The van der Waals surface area contributed by atoms with E-state index in [1.54, 1.807) is 36.7 Å². The van der Waals surface area contributed by atoms with Crippen LogP contribution in [0.15, 0.2) is 68.5 Å². The smallest absolute Gasteiger partial charge is 0.251 e. The second-order valence-electron chi connectivity index (χ2n) is 5.01. The highest BCUT2D eigenvalue weighted by atomic mass is 16.1. The molecule has 2 N–H and O–H groups in total. The molecule has 0 saturated carbocycles. The number of carbonyl (C=O) groups is 1. The molecule has 1 amide bonds. The van der Waals surface area contributed by atoms with Crippen LogP contribution in [0.5, 0.6) is 0 Å². The minimum absolute atomic E-state index is 0.174. The summed E-state index contributed by atoms with van der Waals surface area (Å²) in [5, 5.41) is 5.89. The molecule has 2 rings (SSSR count). The molecule has 2 aromatic heterocycles. The molecule has 2 heterocycles. The molecule has 0 unspecified atom stereocenters. The summed E-state index contributed by atoms with van der Waals surface area (Å²) in [4.78, 5) is 20.7. The fourth-order valence-corrected chi connectivity index (χ4v) is 2.03. The number of nitrogens with one attached hydrogen (secondary N) is 2. The van der Waals surface area contributed by atoms with Crippen LogP contribution in [-0.2, 0) is 0 Å². The van der Waals surface area contributed by atoms with E-state index in [-0.39, 0.29) is 5.91 Å². The van der Waals surface area contributed by atoms with Crippen LogP contribution in [0.4, 0.5) is 0 Å². The zero-order chi connectivity index (χ0) is 17.4. The van der Waals surface area contributed by atoms with Crippen molar-refractivity contribution in [2.75, 3.05) is 13.1 Å². The Balaban J connectivity index is 2.25. The lowest BCUT2D eigenvalue weighted by atomic mass is 10.1. The molecule has 0 radical (unpaired) electrons. The van der Waals surface area contributed by atoms with E-state index in [2.05, 4.69) is 40.3 Å². The third-order valence-electron chi connectivity index (χ3n) is 3.26. The number of carbonyl (C=O) groups excluding carboxylic acids is 1. The maximum absolute atomic E-state index is 12.0. The lowest BCUT2D eigenvalue weighted by Crippen LogP contribution is -2.23. The molecule has 0 fully saturated rings. The lowest BCUT2D eigenvalue weighted by molar-refractivity contribution is 0.0958. The van der Waals surface area contributed by atoms with E-state index in [4.69, 9.17) is 0 Å². The molecule has 0 aliphatic heterocycles. The summed E-state index contributed by atoms with van der Waals surface area (Å²) in [5.74, 6) is -0.174. The summed E-state index contributed by atoms with van der Waals surface area (Å²) < 4.78 is 0. The minimum Gasteiger partial charge on any atom is -0.382 e. The number of amides is 1. The Labute approximate surface area is 141 Å². The molecule has 0 aliphatic rings. The summed E-state index contributed by atoms with van der Waals surface area (Å²) in [6.45, 7) is 12.3. The quantitative estimate of drug-likeness (QED) is 0.734. The van der Waals surface area contributed by atoms with Gasteiger partial charge < -0.3 is 10.6 Å². The Morgan fingerprint density at radius 2 is 1.50 bits per heavy atom. The van der Waals surface area contributed by atoms with Gasteiger partial charge in [-0.2, -0.15) is 0 Å². The predicted molar refractivity (Wildman–Crippen MR) is 97.2 cm³/mol. The van der Waals surface area contributed by atoms with Crippen LogP contribution >= 0.6 is 0 Å². The Hall–Kier alpha value is -3.21. The average Bonchev–Trinajstić information content (AvgIpc) is 2.64. The van der Waals surface area contributed by atoms with Crippen LogP contribution in [0.2, 0.25) is 0 Å². The van der Waals surface area contributed by atoms with Gasteiger partial charge in [0.15, 0.2) is 0 Å². The van der Waals surface area contributed by atoms with Gasteiger partial charge in [0, 0.05) is 42.3 Å². The topological polar surface area (TPSA) is 66.9 Å². The second kappa shape index (κ2) is 8.43. The maximum atomic E-state index is 12.0. The maximum Gasteiger partial charge on any atom is 0.251 e. The van der Waals surface area contributed by atoms with E-state index in [9.17, 15) is 4.79 Å². The van der Waals surface area contributed by atoms with Crippen molar-refractivity contribution in [2.24, 2.45) is 0 Å². The molecule has 0 aliphatic carbocycles. The van der Waals surface area contributed by atoms with Crippen LogP contribution in [0, 0.1) is 0 Å². The van der Waals surface area contributed by atoms with Crippen LogP contribution in [0.25, 0.3) is 17.1 Å². The fraction of sp³-hybridized carbons (Fsp3) is 0.105. The first-order valence-electron chi connectivity index (χ1n) is 7.51. The highest BCUT2D eigenvalue weighted by Gasteiger charge is 2.09. The first kappa shape index (κ1) is 17.1. The van der Waals surface area contributed by atoms with Crippen molar-refractivity contribution in [1.29, 1.82) is 0 Å². The van der Waals surface area contributed by atoms with Crippen molar-refractivity contribution >= 4 is 11.6 Å². The summed E-state index contributed by atoms with van der Waals surface area (Å²) in [6.07, 6.45) is 6.68. The lowest BCUT2D eigenvalue weighted by Gasteiger charge is -2.09. The number of nitrogens with zero attached hydrogens (tertiary/aromatic N) is 2. The summed E-state index contributed by atoms with van der Waals surface area (Å²) in [7, 11) is 0. The number of rotatable bonds is 8. The van der Waals surface area contributed by atoms with Gasteiger partial charge >= 0.3 is 0 Å². The second-order valence-corrected chi connectivity index (χ2v) is 5.01. The largest absolute Gasteiger partial charge is 0.382 e. The number of hydrogen-bond donors (Lipinski definition) is 2. The molecular formula is C19H20N4O. The van der Waals surface area contributed by atoms with Crippen LogP contribution in [0.3, 0.4) is 0 Å². The summed E-state index contributed by atoms with van der Waals surface area (Å²) >= 11 is 0. The molecule has 0 atom stereocenters. The zero-order valence-electron chi connectivity index (χ0n) is 13.5. The fourth-order valence-electron chi connectivity index (χ4n) is 2.03. The minimum atomic E-state index is -0.174. The standard InChI is InChI=1S/C19H20N4O/c1-4-8-20-14(3)15-6-10-21-17(12-15)18-13-16(7-11-22-18)19(24)23-9-5-2/h4-7,10-13,20H,1-3,8-9H2,(H,23,24). The third-order valence-corrected chi connectivity index (χ3v) is 3.26. The van der Waals surface area contributed by atoms with Gasteiger partial charge in [0.25, 0.3) is 5.91 Å². The van der Waals surface area contributed by atoms with E-state index >= 15 is 0 Å². The highest BCUT2D eigenvalue weighted by molar-refractivity contribution is 5.95. The summed E-state index contributed by atoms with van der Waals surface area (Å²) in [5.41, 5.74) is 3.51. The zero-order valence-corrected chi connectivity index (χ0v) is 13.5. The van der Waals surface area contributed by atoms with Gasteiger partial charge in [-0.05, 0) is 24.3 Å². The van der Waals surface area contributed by atoms with Crippen LogP contribution in [0.1, 0.15) is 15.9 Å². The molecule has 5 heteroatoms. The van der Waals surface area contributed by atoms with Gasteiger partial charge in [-0.25, -0.2) is 0 Å². The van der Waals surface area contributed by atoms with Crippen LogP contribution in [-0.4, -0.2) is 29.0 Å². The molecule has 0 aromatic carbocycles. The van der Waals surface area contributed by atoms with Crippen molar-refractivity contribution in [1.82, 2.24) is 20.6 Å². The molecule has 0 bridgehead atoms. The first-order valence-corrected chi connectivity index (χ1v) is 7.51. The van der Waals surface area contributed by atoms with E-state index < -0.39 is 0 Å². The van der Waals surface area contributed by atoms with Crippen LogP contribution < -0.4 is 10.6 Å². The van der Waals surface area contributed by atoms with Crippen molar-refractivity contribution in [3.05, 3.63) is 79.7 Å². The Morgan fingerprint density at radius 3 is 2.12 bits per heavy atom. The monoisotopic (exact) mass is 320 g/mol. The van der Waals surface area contributed by atoms with E-state index in [0.717, 1.165) is 11.3 Å². The highest BCUT2D eigenvalue weighted by Crippen LogP contribution is 2.19. The third kappa shape index (κ3) is 4.39. The van der Waals surface area contributed by atoms with Gasteiger partial charge in [0.1, 0.15) is 0 Å². The molecule has 0 spiro atoms. The normalized spacial score (nSPS) is 9.83. The molecule has 2 aromatic rings. The molecule has 5 nitrogen and oxygen atoms in total. The van der Waals surface area contributed by atoms with Gasteiger partial charge in [-0.1, -0.05) is 18.7 Å².